The van der Waals surface area contributed by atoms with Crippen molar-refractivity contribution in [2.45, 2.75) is 4.90 Å². The minimum atomic E-state index is -3.61. The van der Waals surface area contributed by atoms with E-state index in [-0.39, 0.29) is 26.6 Å². The Morgan fingerprint density at radius 2 is 1.68 bits per heavy atom. The molecule has 0 spiro atoms. The van der Waals surface area contributed by atoms with Gasteiger partial charge in [-0.2, -0.15) is 0 Å². The molecule has 0 atom stereocenters. The van der Waals surface area contributed by atoms with Gasteiger partial charge in [0.2, 0.25) is 0 Å². The first-order valence-electron chi connectivity index (χ1n) is 9.96. The number of nitrogens with zero attached hydrogens (tertiary/aromatic N) is 1. The molecule has 0 aliphatic carbocycles. The SMILES string of the molecule is CS(=O)(=O)c1ccc(C(=O)Nc2ccc(Cl)c(-c3ccccn3)c2)c(-c2cccc(Cl)c2F)c1. The third-order valence-corrected chi connectivity index (χ3v) is 6.80. The van der Waals surface area contributed by atoms with Crippen LogP contribution < -0.4 is 5.32 Å². The molecule has 0 saturated heterocycles. The number of nitrogens with one attached hydrogen (secondary N) is 1. The quantitative estimate of drug-likeness (QED) is 0.329. The second-order valence-electron chi connectivity index (χ2n) is 7.44. The van der Waals surface area contributed by atoms with Gasteiger partial charge in [-0.15, -0.1) is 0 Å². The van der Waals surface area contributed by atoms with Crippen LogP contribution in [0, 0.1) is 5.82 Å². The summed E-state index contributed by atoms with van der Waals surface area (Å²) in [5.41, 5.74) is 1.85. The molecule has 9 heteroatoms. The first-order valence-corrected chi connectivity index (χ1v) is 12.6. The van der Waals surface area contributed by atoms with Gasteiger partial charge in [0, 0.05) is 34.8 Å². The van der Waals surface area contributed by atoms with Gasteiger partial charge in [0.05, 0.1) is 20.6 Å². The average molecular weight is 515 g/mol. The van der Waals surface area contributed by atoms with E-state index in [4.69, 9.17) is 23.2 Å². The Hall–Kier alpha value is -3.26. The fraction of sp³-hybridized carbons (Fsp3) is 0.0400. The molecule has 172 valence electrons. The summed E-state index contributed by atoms with van der Waals surface area (Å²) in [5, 5.41) is 3.08. The number of pyridine rings is 1. The molecule has 0 unspecified atom stereocenters. The normalized spacial score (nSPS) is 11.3. The summed E-state index contributed by atoms with van der Waals surface area (Å²) in [6, 6.07) is 18.5. The molecular weight excluding hydrogens is 498 g/mol. The highest BCUT2D eigenvalue weighted by Gasteiger charge is 2.20. The third-order valence-electron chi connectivity index (χ3n) is 5.07. The first-order chi connectivity index (χ1) is 16.1. The van der Waals surface area contributed by atoms with Crippen molar-refractivity contribution in [2.24, 2.45) is 0 Å². The van der Waals surface area contributed by atoms with E-state index < -0.39 is 21.6 Å². The van der Waals surface area contributed by atoms with Crippen LogP contribution in [0.25, 0.3) is 22.4 Å². The van der Waals surface area contributed by atoms with Gasteiger partial charge in [0.25, 0.3) is 5.91 Å². The fourth-order valence-electron chi connectivity index (χ4n) is 3.41. The van der Waals surface area contributed by atoms with E-state index >= 15 is 0 Å². The van der Waals surface area contributed by atoms with Crippen LogP contribution in [0.4, 0.5) is 10.1 Å². The van der Waals surface area contributed by atoms with Crippen LogP contribution >= 0.6 is 23.2 Å². The summed E-state index contributed by atoms with van der Waals surface area (Å²) in [6.45, 7) is 0. The molecule has 1 N–H and O–H groups in total. The van der Waals surface area contributed by atoms with Gasteiger partial charge in [0.1, 0.15) is 5.82 Å². The maximum atomic E-state index is 14.8. The second kappa shape index (κ2) is 9.54. The Labute approximate surface area is 206 Å². The van der Waals surface area contributed by atoms with Gasteiger partial charge in [-0.25, -0.2) is 12.8 Å². The third kappa shape index (κ3) is 4.97. The number of carbonyl (C=O) groups excluding carboxylic acids is 1. The molecule has 1 amide bonds. The summed E-state index contributed by atoms with van der Waals surface area (Å²) in [4.78, 5) is 17.5. The standard InChI is InChI=1S/C25H17Cl2FN2O3S/c1-34(32,33)16-9-10-18(19(14-16)17-5-4-6-22(27)24(17)28)25(31)30-15-8-11-21(26)20(13-15)23-7-2-3-12-29-23/h2-14H,1H3,(H,30,31). The van der Waals surface area contributed by atoms with Crippen LogP contribution in [0.5, 0.6) is 0 Å². The van der Waals surface area contributed by atoms with Gasteiger partial charge in [-0.3, -0.25) is 9.78 Å². The molecule has 34 heavy (non-hydrogen) atoms. The zero-order valence-corrected chi connectivity index (χ0v) is 20.0. The molecule has 0 aliphatic heterocycles. The van der Waals surface area contributed by atoms with Gasteiger partial charge >= 0.3 is 0 Å². The molecule has 0 bridgehead atoms. The van der Waals surface area contributed by atoms with Crippen molar-refractivity contribution >= 4 is 44.6 Å². The summed E-state index contributed by atoms with van der Waals surface area (Å²) in [7, 11) is -3.61. The van der Waals surface area contributed by atoms with Crippen LogP contribution in [0.2, 0.25) is 10.0 Å². The Bertz CT molecular complexity index is 1510. The van der Waals surface area contributed by atoms with E-state index in [1.165, 1.54) is 36.4 Å². The number of hydrogen-bond donors (Lipinski definition) is 1. The fourth-order valence-corrected chi connectivity index (χ4v) is 4.44. The molecule has 3 aromatic carbocycles. The lowest BCUT2D eigenvalue weighted by Gasteiger charge is -2.14. The highest BCUT2D eigenvalue weighted by molar-refractivity contribution is 7.90. The number of aromatic nitrogens is 1. The lowest BCUT2D eigenvalue weighted by molar-refractivity contribution is 0.102. The van der Waals surface area contributed by atoms with Gasteiger partial charge < -0.3 is 5.32 Å². The number of sulfone groups is 1. The molecule has 4 rings (SSSR count). The van der Waals surface area contributed by atoms with E-state index in [0.29, 0.717) is 22.0 Å². The number of benzene rings is 3. The van der Waals surface area contributed by atoms with E-state index in [0.717, 1.165) is 6.26 Å². The molecule has 1 heterocycles. The molecule has 0 radical (unpaired) electrons. The van der Waals surface area contributed by atoms with Crippen LogP contribution in [0.1, 0.15) is 10.4 Å². The number of amides is 1. The van der Waals surface area contributed by atoms with Crippen LogP contribution in [0.15, 0.2) is 83.9 Å². The summed E-state index contributed by atoms with van der Waals surface area (Å²) in [6.07, 6.45) is 2.67. The molecule has 1 aromatic heterocycles. The Morgan fingerprint density at radius 1 is 0.882 bits per heavy atom. The zero-order valence-electron chi connectivity index (χ0n) is 17.7. The molecule has 0 saturated carbocycles. The monoisotopic (exact) mass is 514 g/mol. The van der Waals surface area contributed by atoms with Crippen molar-refractivity contribution in [1.29, 1.82) is 0 Å². The minimum absolute atomic E-state index is 0.00781. The van der Waals surface area contributed by atoms with Gasteiger partial charge in [0.15, 0.2) is 9.84 Å². The smallest absolute Gasteiger partial charge is 0.256 e. The Balaban J connectivity index is 1.78. The maximum absolute atomic E-state index is 14.8. The molecule has 0 aliphatic rings. The molecule has 5 nitrogen and oxygen atoms in total. The van der Waals surface area contributed by atoms with Crippen LogP contribution in [-0.4, -0.2) is 25.6 Å². The molecule has 4 aromatic rings. The lowest BCUT2D eigenvalue weighted by Crippen LogP contribution is -2.14. The number of carbonyl (C=O) groups is 1. The van der Waals surface area contributed by atoms with Gasteiger partial charge in [-0.05, 0) is 60.2 Å². The Morgan fingerprint density at radius 3 is 2.38 bits per heavy atom. The van der Waals surface area contributed by atoms with Crippen LogP contribution in [-0.2, 0) is 9.84 Å². The number of halogens is 3. The van der Waals surface area contributed by atoms with Crippen molar-refractivity contribution in [1.82, 2.24) is 4.98 Å². The van der Waals surface area contributed by atoms with Crippen molar-refractivity contribution in [3.05, 3.63) is 100 Å². The highest BCUT2D eigenvalue weighted by atomic mass is 35.5. The minimum Gasteiger partial charge on any atom is -0.322 e. The molecule has 0 fully saturated rings. The lowest BCUT2D eigenvalue weighted by atomic mass is 9.98. The highest BCUT2D eigenvalue weighted by Crippen LogP contribution is 2.33. The predicted octanol–water partition coefficient (Wildman–Crippen LogP) is 6.52. The van der Waals surface area contributed by atoms with E-state index in [1.807, 2.05) is 6.07 Å². The first kappa shape index (κ1) is 23.9. The second-order valence-corrected chi connectivity index (χ2v) is 10.3. The van der Waals surface area contributed by atoms with Gasteiger partial charge in [-0.1, -0.05) is 41.4 Å². The van der Waals surface area contributed by atoms with Crippen LogP contribution in [0.3, 0.4) is 0 Å². The van der Waals surface area contributed by atoms with E-state index in [9.17, 15) is 17.6 Å². The zero-order chi connectivity index (χ0) is 24.5. The summed E-state index contributed by atoms with van der Waals surface area (Å²) < 4.78 is 39.0. The Kier molecular flexibility index (Phi) is 6.70. The maximum Gasteiger partial charge on any atom is 0.256 e. The topological polar surface area (TPSA) is 76.1 Å². The summed E-state index contributed by atoms with van der Waals surface area (Å²) in [5.74, 6) is -1.32. The van der Waals surface area contributed by atoms with E-state index in [2.05, 4.69) is 10.3 Å². The summed E-state index contributed by atoms with van der Waals surface area (Å²) >= 11 is 12.3. The number of anilines is 1. The number of hydrogen-bond acceptors (Lipinski definition) is 4. The predicted molar refractivity (Wildman–Crippen MR) is 133 cm³/mol. The number of rotatable bonds is 5. The largest absolute Gasteiger partial charge is 0.322 e. The molecular formula is C25H17Cl2FN2O3S. The van der Waals surface area contributed by atoms with Crippen molar-refractivity contribution in [2.75, 3.05) is 11.6 Å². The van der Waals surface area contributed by atoms with Crippen molar-refractivity contribution in [3.63, 3.8) is 0 Å². The van der Waals surface area contributed by atoms with E-state index in [1.54, 1.807) is 36.5 Å². The average Bonchev–Trinajstić information content (AvgIpc) is 2.81. The van der Waals surface area contributed by atoms with Crippen molar-refractivity contribution in [3.8, 4) is 22.4 Å². The van der Waals surface area contributed by atoms with Crippen molar-refractivity contribution < 1.29 is 17.6 Å².